The van der Waals surface area contributed by atoms with Crippen molar-refractivity contribution >= 4 is 0 Å². The number of hydrogen-bond acceptors (Lipinski definition) is 0. The Morgan fingerprint density at radius 3 is 2.80 bits per heavy atom. The lowest BCUT2D eigenvalue weighted by Crippen LogP contribution is -1.64. The molecular weight excluding hydrogens is 127 g/mol. The molecule has 0 rings (SSSR count). The fraction of sp³-hybridized carbons (Fsp3) is 0.333. The molecule has 0 fully saturated rings. The molecule has 0 heterocycles. The number of hydrogen-bond donors (Lipinski definition) is 0. The van der Waals surface area contributed by atoms with Crippen LogP contribution in [0.1, 0.15) is 19.8 Å². The first-order chi connectivity index (χ1) is 4.81. The van der Waals surface area contributed by atoms with E-state index in [2.05, 4.69) is 6.58 Å². The second-order valence-corrected chi connectivity index (χ2v) is 1.92. The van der Waals surface area contributed by atoms with Crippen molar-refractivity contribution in [3.8, 4) is 0 Å². The lowest BCUT2D eigenvalue weighted by molar-refractivity contribution is 0.662. The maximum absolute atomic E-state index is 12.5. The van der Waals surface area contributed by atoms with Gasteiger partial charge in [0.2, 0.25) is 0 Å². The molecule has 0 saturated heterocycles. The topological polar surface area (TPSA) is 0 Å². The van der Waals surface area contributed by atoms with Gasteiger partial charge in [-0.3, -0.25) is 0 Å². The summed E-state index contributed by atoms with van der Waals surface area (Å²) >= 11 is 0. The van der Waals surface area contributed by atoms with Gasteiger partial charge in [-0.25, -0.2) is 4.39 Å². The standard InChI is InChI=1S/C9H13F/c1-3-5-7-9(10)8-6-4-2/h3,6-8H,1,4-5H2,2H3. The number of rotatable bonds is 4. The van der Waals surface area contributed by atoms with Gasteiger partial charge >= 0.3 is 0 Å². The molecular formula is C9H13F. The molecule has 0 aliphatic heterocycles. The molecule has 0 unspecified atom stereocenters. The second-order valence-electron chi connectivity index (χ2n) is 1.92. The quantitative estimate of drug-likeness (QED) is 0.415. The number of halogens is 1. The van der Waals surface area contributed by atoms with E-state index >= 15 is 0 Å². The van der Waals surface area contributed by atoms with Gasteiger partial charge in [-0.1, -0.05) is 19.1 Å². The summed E-state index contributed by atoms with van der Waals surface area (Å²) < 4.78 is 12.5. The monoisotopic (exact) mass is 140 g/mol. The molecule has 0 spiro atoms. The highest BCUT2D eigenvalue weighted by molar-refractivity contribution is 5.11. The van der Waals surface area contributed by atoms with E-state index in [1.54, 1.807) is 12.2 Å². The van der Waals surface area contributed by atoms with Gasteiger partial charge in [0.1, 0.15) is 5.83 Å². The normalized spacial score (nSPS) is 12.4. The highest BCUT2D eigenvalue weighted by Crippen LogP contribution is 2.00. The van der Waals surface area contributed by atoms with Crippen LogP contribution >= 0.6 is 0 Å². The molecule has 0 N–H and O–H groups in total. The van der Waals surface area contributed by atoms with Crippen LogP contribution in [0.4, 0.5) is 4.39 Å². The van der Waals surface area contributed by atoms with Crippen molar-refractivity contribution in [1.82, 2.24) is 0 Å². The second kappa shape index (κ2) is 6.27. The zero-order valence-electron chi connectivity index (χ0n) is 6.31. The highest BCUT2D eigenvalue weighted by Gasteiger charge is 1.82. The Hall–Kier alpha value is -0.850. The summed E-state index contributed by atoms with van der Waals surface area (Å²) in [5.41, 5.74) is 0. The minimum atomic E-state index is -0.179. The lowest BCUT2D eigenvalue weighted by atomic mass is 10.3. The van der Waals surface area contributed by atoms with E-state index in [1.807, 2.05) is 6.92 Å². The Balaban J connectivity index is 3.69. The molecule has 0 aromatic rings. The molecule has 0 radical (unpaired) electrons. The van der Waals surface area contributed by atoms with E-state index in [9.17, 15) is 4.39 Å². The highest BCUT2D eigenvalue weighted by atomic mass is 19.1. The Kier molecular flexibility index (Phi) is 5.74. The van der Waals surface area contributed by atoms with Crippen LogP contribution in [0.2, 0.25) is 0 Å². The molecule has 0 aliphatic rings. The summed E-state index contributed by atoms with van der Waals surface area (Å²) in [6, 6.07) is 0. The molecule has 0 aromatic heterocycles. The summed E-state index contributed by atoms with van der Waals surface area (Å²) in [6.07, 6.45) is 7.90. The van der Waals surface area contributed by atoms with Gasteiger partial charge < -0.3 is 0 Å². The van der Waals surface area contributed by atoms with E-state index in [1.165, 1.54) is 12.2 Å². The van der Waals surface area contributed by atoms with E-state index in [4.69, 9.17) is 0 Å². The van der Waals surface area contributed by atoms with E-state index in [0.717, 1.165) is 6.42 Å². The summed E-state index contributed by atoms with van der Waals surface area (Å²) in [5.74, 6) is -0.179. The van der Waals surface area contributed by atoms with Crippen LogP contribution in [0.5, 0.6) is 0 Å². The van der Waals surface area contributed by atoms with E-state index in [-0.39, 0.29) is 5.83 Å². The fourth-order valence-electron chi connectivity index (χ4n) is 0.494. The minimum Gasteiger partial charge on any atom is -0.207 e. The van der Waals surface area contributed by atoms with Gasteiger partial charge in [0.15, 0.2) is 0 Å². The average molecular weight is 140 g/mol. The summed E-state index contributed by atoms with van der Waals surface area (Å²) in [5, 5.41) is 0. The van der Waals surface area contributed by atoms with Crippen LogP contribution in [-0.2, 0) is 0 Å². The lowest BCUT2D eigenvalue weighted by Gasteiger charge is -1.83. The Morgan fingerprint density at radius 1 is 1.60 bits per heavy atom. The zero-order chi connectivity index (χ0) is 7.82. The van der Waals surface area contributed by atoms with Crippen LogP contribution in [0, 0.1) is 0 Å². The maximum atomic E-state index is 12.5. The van der Waals surface area contributed by atoms with Crippen molar-refractivity contribution < 1.29 is 4.39 Å². The van der Waals surface area contributed by atoms with Crippen molar-refractivity contribution in [2.45, 2.75) is 19.8 Å². The van der Waals surface area contributed by atoms with Gasteiger partial charge in [-0.15, -0.1) is 6.58 Å². The molecule has 0 nitrogen and oxygen atoms in total. The average Bonchev–Trinajstić information content (AvgIpc) is 1.97. The van der Waals surface area contributed by atoms with Crippen molar-refractivity contribution in [1.29, 1.82) is 0 Å². The molecule has 0 amide bonds. The molecule has 0 atom stereocenters. The van der Waals surface area contributed by atoms with Gasteiger partial charge in [0.05, 0.1) is 0 Å². The van der Waals surface area contributed by atoms with Crippen LogP contribution in [0.25, 0.3) is 0 Å². The zero-order valence-corrected chi connectivity index (χ0v) is 6.31. The minimum absolute atomic E-state index is 0.179. The first-order valence-electron chi connectivity index (χ1n) is 3.44. The SMILES string of the molecule is C=CCC=C(F)C=CCC. The van der Waals surface area contributed by atoms with Crippen molar-refractivity contribution in [2.75, 3.05) is 0 Å². The first-order valence-corrected chi connectivity index (χ1v) is 3.44. The third-order valence-corrected chi connectivity index (χ3v) is 0.992. The molecule has 0 saturated carbocycles. The van der Waals surface area contributed by atoms with Crippen molar-refractivity contribution in [2.24, 2.45) is 0 Å². The largest absolute Gasteiger partial charge is 0.207 e. The van der Waals surface area contributed by atoms with Crippen molar-refractivity contribution in [3.63, 3.8) is 0 Å². The van der Waals surface area contributed by atoms with E-state index in [0.29, 0.717) is 6.42 Å². The van der Waals surface area contributed by atoms with Gasteiger partial charge in [0.25, 0.3) is 0 Å². The van der Waals surface area contributed by atoms with Gasteiger partial charge in [-0.05, 0) is 25.0 Å². The van der Waals surface area contributed by atoms with Crippen molar-refractivity contribution in [3.05, 3.63) is 36.7 Å². The summed E-state index contributed by atoms with van der Waals surface area (Å²) in [4.78, 5) is 0. The molecule has 0 bridgehead atoms. The van der Waals surface area contributed by atoms with Gasteiger partial charge in [-0.2, -0.15) is 0 Å². The Bertz CT molecular complexity index is 143. The van der Waals surface area contributed by atoms with Crippen LogP contribution in [0.15, 0.2) is 36.7 Å². The molecule has 10 heavy (non-hydrogen) atoms. The maximum Gasteiger partial charge on any atom is 0.119 e. The van der Waals surface area contributed by atoms with Crippen LogP contribution in [0.3, 0.4) is 0 Å². The molecule has 1 heteroatoms. The summed E-state index contributed by atoms with van der Waals surface area (Å²) in [6.45, 7) is 5.45. The fourth-order valence-corrected chi connectivity index (χ4v) is 0.494. The Labute approximate surface area is 61.8 Å². The van der Waals surface area contributed by atoms with Gasteiger partial charge in [0, 0.05) is 0 Å². The first kappa shape index (κ1) is 9.15. The Morgan fingerprint density at radius 2 is 2.30 bits per heavy atom. The number of allylic oxidation sites excluding steroid dienone is 5. The van der Waals surface area contributed by atoms with Crippen LogP contribution in [-0.4, -0.2) is 0 Å². The van der Waals surface area contributed by atoms with Crippen LogP contribution < -0.4 is 0 Å². The third kappa shape index (κ3) is 5.29. The predicted molar refractivity (Wildman–Crippen MR) is 43.4 cm³/mol. The molecule has 0 aromatic carbocycles. The molecule has 56 valence electrons. The predicted octanol–water partition coefficient (Wildman–Crippen LogP) is 3.38. The summed E-state index contributed by atoms with van der Waals surface area (Å²) in [7, 11) is 0. The smallest absolute Gasteiger partial charge is 0.119 e. The third-order valence-electron chi connectivity index (χ3n) is 0.992. The van der Waals surface area contributed by atoms with E-state index < -0.39 is 0 Å². The molecule has 0 aliphatic carbocycles.